The third kappa shape index (κ3) is 12.8. The zero-order chi connectivity index (χ0) is 20.3. The normalized spacial score (nSPS) is 10.9. The molecule has 0 atom stereocenters. The van der Waals surface area contributed by atoms with Gasteiger partial charge in [-0.3, -0.25) is 0 Å². The molecule has 0 aliphatic carbocycles. The van der Waals surface area contributed by atoms with E-state index in [4.69, 9.17) is 4.74 Å². The third-order valence-corrected chi connectivity index (χ3v) is 5.36. The molecule has 0 spiro atoms. The van der Waals surface area contributed by atoms with Gasteiger partial charge in [-0.25, -0.2) is 0 Å². The van der Waals surface area contributed by atoms with Crippen molar-refractivity contribution >= 4 is 5.97 Å². The number of carboxylic acid groups (broad SMARTS) is 1. The second-order valence-electron chi connectivity index (χ2n) is 7.94. The molecular formula is C25H41O3-. The Hall–Kier alpha value is -1.51. The lowest BCUT2D eigenvalue weighted by atomic mass is 10.0. The molecule has 0 saturated heterocycles. The number of ether oxygens (including phenoxy) is 1. The molecule has 0 fully saturated rings. The molecule has 0 radical (unpaired) electrons. The van der Waals surface area contributed by atoms with Crippen molar-refractivity contribution < 1.29 is 14.6 Å². The molecule has 1 aromatic carbocycles. The van der Waals surface area contributed by atoms with Crippen LogP contribution >= 0.6 is 0 Å². The first-order valence-electron chi connectivity index (χ1n) is 11.7. The summed E-state index contributed by atoms with van der Waals surface area (Å²) < 4.78 is 5.60. The Kier molecular flexibility index (Phi) is 15.4. The van der Waals surface area contributed by atoms with Gasteiger partial charge in [-0.1, -0.05) is 115 Å². The van der Waals surface area contributed by atoms with Crippen LogP contribution in [-0.4, -0.2) is 12.6 Å². The monoisotopic (exact) mass is 389 g/mol. The van der Waals surface area contributed by atoms with Gasteiger partial charge in [-0.15, -0.1) is 0 Å². The molecule has 28 heavy (non-hydrogen) atoms. The summed E-state index contributed by atoms with van der Waals surface area (Å²) >= 11 is 0. The van der Waals surface area contributed by atoms with Gasteiger partial charge in [0.25, 0.3) is 0 Å². The Morgan fingerprint density at radius 2 is 1.14 bits per heavy atom. The van der Waals surface area contributed by atoms with Crippen molar-refractivity contribution in [1.82, 2.24) is 0 Å². The number of hydrogen-bond donors (Lipinski definition) is 0. The molecular weight excluding hydrogens is 348 g/mol. The average molecular weight is 390 g/mol. The van der Waals surface area contributed by atoms with Crippen LogP contribution in [0.2, 0.25) is 0 Å². The number of aromatic carboxylic acids is 1. The van der Waals surface area contributed by atoms with Crippen molar-refractivity contribution in [2.75, 3.05) is 6.61 Å². The first-order valence-corrected chi connectivity index (χ1v) is 11.7. The number of carbonyl (C=O) groups is 1. The topological polar surface area (TPSA) is 49.4 Å². The molecule has 1 aromatic rings. The number of carboxylic acids is 1. The smallest absolute Gasteiger partial charge is 0.128 e. The van der Waals surface area contributed by atoms with Crippen LogP contribution < -0.4 is 9.84 Å². The van der Waals surface area contributed by atoms with E-state index in [9.17, 15) is 9.90 Å². The molecule has 1 rings (SSSR count). The molecule has 0 heterocycles. The first-order chi connectivity index (χ1) is 13.8. The third-order valence-electron chi connectivity index (χ3n) is 5.36. The van der Waals surface area contributed by atoms with Gasteiger partial charge < -0.3 is 14.6 Å². The highest BCUT2D eigenvalue weighted by atomic mass is 16.5. The molecule has 0 amide bonds. The maximum atomic E-state index is 11.0. The molecule has 0 saturated carbocycles. The second kappa shape index (κ2) is 17.6. The van der Waals surface area contributed by atoms with E-state index in [0.717, 1.165) is 12.8 Å². The highest BCUT2D eigenvalue weighted by Gasteiger charge is 2.03. The molecule has 0 bridgehead atoms. The van der Waals surface area contributed by atoms with E-state index in [1.165, 1.54) is 96.0 Å². The van der Waals surface area contributed by atoms with E-state index >= 15 is 0 Å². The summed E-state index contributed by atoms with van der Waals surface area (Å²) in [6.07, 6.45) is 21.5. The summed E-state index contributed by atoms with van der Waals surface area (Å²) in [7, 11) is 0. The number of unbranched alkanes of at least 4 members (excludes halogenated alkanes) is 15. The van der Waals surface area contributed by atoms with Gasteiger partial charge in [-0.2, -0.15) is 0 Å². The highest BCUT2D eigenvalue weighted by molar-refractivity contribution is 5.89. The van der Waals surface area contributed by atoms with Crippen molar-refractivity contribution in [3.8, 4) is 5.75 Å². The minimum atomic E-state index is -1.18. The van der Waals surface area contributed by atoms with E-state index in [1.54, 1.807) is 18.2 Å². The number of carbonyl (C=O) groups excluding carboxylic acids is 1. The number of benzene rings is 1. The zero-order valence-electron chi connectivity index (χ0n) is 18.1. The standard InChI is InChI=1S/C25H42O3/c1-2-3-4-5-6-7-8-9-10-11-12-13-14-15-16-19-22-28-24-21-18-17-20-23(24)25(26)27/h17-18,20-21H,2-16,19,22H2,1H3,(H,26,27)/p-1. The predicted octanol–water partition coefficient (Wildman–Crippen LogP) is 6.69. The maximum absolute atomic E-state index is 11.0. The van der Waals surface area contributed by atoms with Crippen molar-refractivity contribution in [2.24, 2.45) is 0 Å². The summed E-state index contributed by atoms with van der Waals surface area (Å²) in [4.78, 5) is 11.0. The largest absolute Gasteiger partial charge is 0.545 e. The Balaban J connectivity index is 1.83. The lowest BCUT2D eigenvalue weighted by Crippen LogP contribution is -2.23. The van der Waals surface area contributed by atoms with Gasteiger partial charge in [0.15, 0.2) is 0 Å². The molecule has 3 heteroatoms. The van der Waals surface area contributed by atoms with E-state index in [2.05, 4.69) is 6.92 Å². The van der Waals surface area contributed by atoms with Crippen molar-refractivity contribution in [1.29, 1.82) is 0 Å². The molecule has 0 N–H and O–H groups in total. The van der Waals surface area contributed by atoms with Gasteiger partial charge in [0.2, 0.25) is 0 Å². The SMILES string of the molecule is CCCCCCCCCCCCCCCCCCOc1ccccc1C(=O)[O-]. The lowest BCUT2D eigenvalue weighted by molar-refractivity contribution is -0.255. The molecule has 0 aliphatic rings. The van der Waals surface area contributed by atoms with Gasteiger partial charge in [0, 0.05) is 5.56 Å². The van der Waals surface area contributed by atoms with Crippen LogP contribution in [0, 0.1) is 0 Å². The first kappa shape index (κ1) is 24.5. The Morgan fingerprint density at radius 3 is 1.61 bits per heavy atom. The van der Waals surface area contributed by atoms with Crippen LogP contribution in [0.5, 0.6) is 5.75 Å². The second-order valence-corrected chi connectivity index (χ2v) is 7.94. The Labute approximate surface area is 172 Å². The van der Waals surface area contributed by atoms with Crippen LogP contribution in [0.3, 0.4) is 0 Å². The number of rotatable bonds is 19. The molecule has 0 unspecified atom stereocenters. The molecule has 0 aliphatic heterocycles. The fourth-order valence-corrected chi connectivity index (χ4v) is 3.59. The maximum Gasteiger partial charge on any atom is 0.128 e. The van der Waals surface area contributed by atoms with Crippen molar-refractivity contribution in [3.63, 3.8) is 0 Å². The molecule has 0 aromatic heterocycles. The lowest BCUT2D eigenvalue weighted by Gasteiger charge is -2.11. The minimum Gasteiger partial charge on any atom is -0.545 e. The van der Waals surface area contributed by atoms with Crippen molar-refractivity contribution in [2.45, 2.75) is 110 Å². The molecule has 3 nitrogen and oxygen atoms in total. The van der Waals surface area contributed by atoms with Gasteiger partial charge in [0.05, 0.1) is 12.6 Å². The van der Waals surface area contributed by atoms with Gasteiger partial charge >= 0.3 is 0 Å². The highest BCUT2D eigenvalue weighted by Crippen LogP contribution is 2.18. The van der Waals surface area contributed by atoms with Crippen LogP contribution in [-0.2, 0) is 0 Å². The molecule has 160 valence electrons. The summed E-state index contributed by atoms with van der Waals surface area (Å²) in [6, 6.07) is 6.69. The van der Waals surface area contributed by atoms with Crippen LogP contribution in [0.1, 0.15) is 120 Å². The van der Waals surface area contributed by atoms with E-state index < -0.39 is 5.97 Å². The van der Waals surface area contributed by atoms with Crippen molar-refractivity contribution in [3.05, 3.63) is 29.8 Å². The van der Waals surface area contributed by atoms with Gasteiger partial charge in [0.1, 0.15) is 5.75 Å². The summed E-state index contributed by atoms with van der Waals surface area (Å²) in [5.41, 5.74) is 0.138. The number of para-hydroxylation sites is 1. The number of hydrogen-bond acceptors (Lipinski definition) is 3. The van der Waals surface area contributed by atoms with E-state index in [1.807, 2.05) is 0 Å². The quantitative estimate of drug-likeness (QED) is 0.248. The fourth-order valence-electron chi connectivity index (χ4n) is 3.59. The average Bonchev–Trinajstić information content (AvgIpc) is 2.70. The Bertz CT molecular complexity index is 498. The summed E-state index contributed by atoms with van der Waals surface area (Å²) in [6.45, 7) is 2.85. The van der Waals surface area contributed by atoms with Crippen LogP contribution in [0.15, 0.2) is 24.3 Å². The van der Waals surface area contributed by atoms with E-state index in [-0.39, 0.29) is 5.56 Å². The van der Waals surface area contributed by atoms with E-state index in [0.29, 0.717) is 12.4 Å². The Morgan fingerprint density at radius 1 is 0.714 bits per heavy atom. The summed E-state index contributed by atoms with van der Waals surface area (Å²) in [5.74, 6) is -0.758. The van der Waals surface area contributed by atoms with Gasteiger partial charge in [-0.05, 0) is 18.6 Å². The zero-order valence-corrected chi connectivity index (χ0v) is 18.1. The summed E-state index contributed by atoms with van der Waals surface area (Å²) in [5, 5.41) is 11.0. The van der Waals surface area contributed by atoms with Crippen LogP contribution in [0.4, 0.5) is 0 Å². The van der Waals surface area contributed by atoms with Crippen LogP contribution in [0.25, 0.3) is 0 Å². The fraction of sp³-hybridized carbons (Fsp3) is 0.720. The predicted molar refractivity (Wildman–Crippen MR) is 116 cm³/mol. The minimum absolute atomic E-state index is 0.138.